The van der Waals surface area contributed by atoms with Crippen LogP contribution in [-0.4, -0.2) is 48.3 Å². The van der Waals surface area contributed by atoms with Crippen molar-refractivity contribution in [2.45, 2.75) is 12.1 Å². The lowest BCUT2D eigenvalue weighted by atomic mass is 10.1. The maximum absolute atomic E-state index is 9.31. The monoisotopic (exact) mass is 285 g/mol. The van der Waals surface area contributed by atoms with Crippen LogP contribution < -0.4 is 14.8 Å². The van der Waals surface area contributed by atoms with Crippen molar-refractivity contribution in [1.29, 1.82) is 0 Å². The number of hydrogen-bond donors (Lipinski definition) is 3. The van der Waals surface area contributed by atoms with Crippen LogP contribution in [0, 0.1) is 0 Å². The predicted octanol–water partition coefficient (Wildman–Crippen LogP) is 0.762. The highest BCUT2D eigenvalue weighted by Crippen LogP contribution is 2.34. The third kappa shape index (κ3) is 3.76. The Morgan fingerprint density at radius 2 is 2.11 bits per heavy atom. The molecule has 2 rings (SSSR count). The number of hydrogen-bond acceptors (Lipinski definition) is 6. The van der Waals surface area contributed by atoms with Crippen molar-refractivity contribution < 1.29 is 19.7 Å². The van der Waals surface area contributed by atoms with E-state index in [9.17, 15) is 5.11 Å². The zero-order valence-corrected chi connectivity index (χ0v) is 11.7. The Labute approximate surface area is 116 Å². The quantitative estimate of drug-likeness (QED) is 0.687. The molecule has 0 amide bonds. The molecule has 0 spiro atoms. The molecule has 1 aliphatic heterocycles. The van der Waals surface area contributed by atoms with Gasteiger partial charge < -0.3 is 25.0 Å². The van der Waals surface area contributed by atoms with Crippen molar-refractivity contribution in [3.63, 3.8) is 0 Å². The molecule has 3 N–H and O–H groups in total. The number of ether oxygens (including phenoxy) is 2. The molecule has 19 heavy (non-hydrogen) atoms. The lowest BCUT2D eigenvalue weighted by Crippen LogP contribution is -2.21. The normalized spacial score (nSPS) is 16.4. The van der Waals surface area contributed by atoms with Crippen LogP contribution in [0.5, 0.6) is 11.5 Å². The van der Waals surface area contributed by atoms with E-state index in [2.05, 4.69) is 5.32 Å². The highest BCUT2D eigenvalue weighted by molar-refractivity contribution is 7.99. The Morgan fingerprint density at radius 3 is 2.84 bits per heavy atom. The zero-order chi connectivity index (χ0) is 13.7. The zero-order valence-electron chi connectivity index (χ0n) is 10.8. The number of fused-ring (bicyclic) bond motifs is 1. The van der Waals surface area contributed by atoms with Crippen molar-refractivity contribution in [2.75, 3.05) is 32.0 Å². The van der Waals surface area contributed by atoms with Crippen molar-refractivity contribution in [3.05, 3.63) is 23.8 Å². The minimum absolute atomic E-state index is 0.172. The smallest absolute Gasteiger partial charge is 0.231 e. The average Bonchev–Trinajstić information content (AvgIpc) is 2.90. The second-order valence-corrected chi connectivity index (χ2v) is 5.40. The molecule has 2 unspecified atom stereocenters. The third-order valence-corrected chi connectivity index (χ3v) is 4.14. The second kappa shape index (κ2) is 7.00. The van der Waals surface area contributed by atoms with Gasteiger partial charge in [-0.25, -0.2) is 0 Å². The van der Waals surface area contributed by atoms with Gasteiger partial charge in [0.2, 0.25) is 6.79 Å². The number of nitrogens with one attached hydrogen (secondary N) is 1. The van der Waals surface area contributed by atoms with E-state index in [0.29, 0.717) is 5.75 Å². The molecule has 0 radical (unpaired) electrons. The van der Waals surface area contributed by atoms with E-state index in [-0.39, 0.29) is 19.4 Å². The van der Waals surface area contributed by atoms with Gasteiger partial charge in [-0.15, -0.1) is 0 Å². The van der Waals surface area contributed by atoms with E-state index in [1.165, 1.54) is 0 Å². The highest BCUT2D eigenvalue weighted by atomic mass is 32.2. The van der Waals surface area contributed by atoms with E-state index in [1.807, 2.05) is 25.2 Å². The van der Waals surface area contributed by atoms with Gasteiger partial charge in [0.05, 0.1) is 12.7 Å². The van der Waals surface area contributed by atoms with E-state index < -0.39 is 6.10 Å². The van der Waals surface area contributed by atoms with Gasteiger partial charge in [0, 0.05) is 17.5 Å². The highest BCUT2D eigenvalue weighted by Gasteiger charge is 2.17. The summed E-state index contributed by atoms with van der Waals surface area (Å²) in [5, 5.41) is 21.3. The van der Waals surface area contributed by atoms with Crippen molar-refractivity contribution in [1.82, 2.24) is 5.32 Å². The summed E-state index contributed by atoms with van der Waals surface area (Å²) in [5.41, 5.74) is 1.12. The molecule has 1 aliphatic rings. The summed E-state index contributed by atoms with van der Waals surface area (Å²) < 4.78 is 10.6. The first-order chi connectivity index (χ1) is 9.24. The van der Waals surface area contributed by atoms with Gasteiger partial charge in [-0.05, 0) is 24.7 Å². The second-order valence-electron chi connectivity index (χ2n) is 4.33. The molecule has 0 saturated heterocycles. The number of benzene rings is 1. The summed E-state index contributed by atoms with van der Waals surface area (Å²) >= 11 is 1.60. The Bertz CT molecular complexity index is 416. The average molecular weight is 285 g/mol. The molecule has 1 aromatic rings. The van der Waals surface area contributed by atoms with Crippen molar-refractivity contribution >= 4 is 11.8 Å². The largest absolute Gasteiger partial charge is 0.454 e. The summed E-state index contributed by atoms with van der Waals surface area (Å²) in [4.78, 5) is 0. The number of rotatable bonds is 7. The van der Waals surface area contributed by atoms with Gasteiger partial charge in [0.25, 0.3) is 0 Å². The SMILES string of the molecule is CNC(CSCC(O)CO)c1ccc2c(c1)OCO2. The lowest BCUT2D eigenvalue weighted by molar-refractivity contribution is 0.113. The Kier molecular flexibility index (Phi) is 5.33. The topological polar surface area (TPSA) is 71.0 Å². The first kappa shape index (κ1) is 14.5. The van der Waals surface area contributed by atoms with E-state index in [1.54, 1.807) is 11.8 Å². The molecule has 0 aliphatic carbocycles. The molecule has 5 nitrogen and oxygen atoms in total. The molecule has 1 aromatic carbocycles. The maximum Gasteiger partial charge on any atom is 0.231 e. The first-order valence-electron chi connectivity index (χ1n) is 6.18. The lowest BCUT2D eigenvalue weighted by Gasteiger charge is -2.17. The predicted molar refractivity (Wildman–Crippen MR) is 74.8 cm³/mol. The van der Waals surface area contributed by atoms with Gasteiger partial charge >= 0.3 is 0 Å². The molecule has 0 saturated carbocycles. The Hall–Kier alpha value is -0.950. The van der Waals surface area contributed by atoms with Crippen LogP contribution in [0.2, 0.25) is 0 Å². The Balaban J connectivity index is 1.93. The van der Waals surface area contributed by atoms with Crippen LogP contribution >= 0.6 is 11.8 Å². The third-order valence-electron chi connectivity index (χ3n) is 2.95. The van der Waals surface area contributed by atoms with Crippen LogP contribution in [0.25, 0.3) is 0 Å². The summed E-state index contributed by atoms with van der Waals surface area (Å²) in [6.07, 6.45) is -0.653. The van der Waals surface area contributed by atoms with Crippen molar-refractivity contribution in [3.8, 4) is 11.5 Å². The van der Waals surface area contributed by atoms with Crippen LogP contribution in [0.4, 0.5) is 0 Å². The minimum Gasteiger partial charge on any atom is -0.454 e. The van der Waals surface area contributed by atoms with Crippen LogP contribution in [0.15, 0.2) is 18.2 Å². The van der Waals surface area contributed by atoms with Crippen LogP contribution in [0.3, 0.4) is 0 Å². The van der Waals surface area contributed by atoms with Crippen LogP contribution in [-0.2, 0) is 0 Å². The molecule has 0 aromatic heterocycles. The van der Waals surface area contributed by atoms with Crippen LogP contribution in [0.1, 0.15) is 11.6 Å². The van der Waals surface area contributed by atoms with Gasteiger partial charge in [-0.2, -0.15) is 11.8 Å². The maximum atomic E-state index is 9.31. The molecular weight excluding hydrogens is 266 g/mol. The van der Waals surface area contributed by atoms with E-state index in [0.717, 1.165) is 22.8 Å². The Morgan fingerprint density at radius 1 is 1.32 bits per heavy atom. The molecule has 0 fully saturated rings. The van der Waals surface area contributed by atoms with Gasteiger partial charge in [-0.3, -0.25) is 0 Å². The summed E-state index contributed by atoms with van der Waals surface area (Å²) in [6, 6.07) is 6.07. The fourth-order valence-electron chi connectivity index (χ4n) is 1.85. The van der Waals surface area contributed by atoms with Gasteiger partial charge in [0.1, 0.15) is 0 Å². The summed E-state index contributed by atoms with van der Waals surface area (Å²) in [6.45, 7) is 0.0850. The van der Waals surface area contributed by atoms with Crippen molar-refractivity contribution in [2.24, 2.45) is 0 Å². The number of thioether (sulfide) groups is 1. The summed E-state index contributed by atoms with van der Waals surface area (Å²) in [5.74, 6) is 2.90. The fraction of sp³-hybridized carbons (Fsp3) is 0.538. The van der Waals surface area contributed by atoms with E-state index in [4.69, 9.17) is 14.6 Å². The molecule has 6 heteroatoms. The number of aliphatic hydroxyl groups excluding tert-OH is 2. The first-order valence-corrected chi connectivity index (χ1v) is 7.33. The minimum atomic E-state index is -0.653. The molecule has 2 atom stereocenters. The molecule has 1 heterocycles. The molecular formula is C13H19NO4S. The molecule has 0 bridgehead atoms. The standard InChI is InChI=1S/C13H19NO4S/c1-14-11(7-19-6-10(16)5-15)9-2-3-12-13(4-9)18-8-17-12/h2-4,10-11,14-16H,5-8H2,1H3. The van der Waals surface area contributed by atoms with Gasteiger partial charge in [-0.1, -0.05) is 6.07 Å². The van der Waals surface area contributed by atoms with Gasteiger partial charge in [0.15, 0.2) is 11.5 Å². The fourth-order valence-corrected chi connectivity index (χ4v) is 2.96. The molecule has 106 valence electrons. The van der Waals surface area contributed by atoms with E-state index >= 15 is 0 Å². The number of aliphatic hydroxyl groups is 2. The summed E-state index contributed by atoms with van der Waals surface area (Å²) in [7, 11) is 1.90.